The normalized spacial score (nSPS) is 10.9. The van der Waals surface area contributed by atoms with Gasteiger partial charge in [-0.05, 0) is 97.2 Å². The van der Waals surface area contributed by atoms with E-state index < -0.39 is 0 Å². The van der Waals surface area contributed by atoms with Crippen molar-refractivity contribution < 1.29 is 8.83 Å². The van der Waals surface area contributed by atoms with Gasteiger partial charge in [-0.2, -0.15) is 0 Å². The van der Waals surface area contributed by atoms with Gasteiger partial charge in [0.2, 0.25) is 0 Å². The largest absolute Gasteiger partial charge is 0.460 e. The standard InChI is InChI=1S/C38H30O2.2C13H12/c1-4-5-10-28-25(3)39-37-31(28)12-8-13-32(37)29-22-21-27(26-19-17-24(2)18-20-26)23-35(29)34-15-9-14-33-30-11-6-7-16-36(30)40-38(33)34;1-11-6-5-9-13(10-11)12-7-3-2-4-8-12;1-11-7-9-13(10-8-11)12-5-3-2-4-6-12/h4,6-9,11-23H,1,5,10H2,2-3H3;2*2-10H,1H3. The van der Waals surface area contributed by atoms with Crippen molar-refractivity contribution >= 4 is 32.9 Å². The molecule has 2 heteroatoms. The molecular weight excluding hydrogens is 801 g/mol. The van der Waals surface area contributed by atoms with Crippen LogP contribution < -0.4 is 0 Å². The molecule has 11 rings (SSSR count). The Morgan fingerprint density at radius 2 is 0.848 bits per heavy atom. The topological polar surface area (TPSA) is 26.3 Å². The van der Waals surface area contributed by atoms with Gasteiger partial charge in [-0.25, -0.2) is 0 Å². The van der Waals surface area contributed by atoms with E-state index in [-0.39, 0.29) is 0 Å². The van der Waals surface area contributed by atoms with Crippen molar-refractivity contribution in [1.29, 1.82) is 0 Å². The predicted octanol–water partition coefficient (Wildman–Crippen LogP) is 18.4. The van der Waals surface area contributed by atoms with Crippen LogP contribution in [0.4, 0.5) is 0 Å². The maximum absolute atomic E-state index is 6.51. The second-order valence-corrected chi connectivity index (χ2v) is 17.0. The van der Waals surface area contributed by atoms with Crippen molar-refractivity contribution in [1.82, 2.24) is 0 Å². The lowest BCUT2D eigenvalue weighted by Gasteiger charge is -2.14. The van der Waals surface area contributed by atoms with Crippen LogP contribution >= 0.6 is 0 Å². The second kappa shape index (κ2) is 19.8. The van der Waals surface area contributed by atoms with E-state index in [2.05, 4.69) is 222 Å². The van der Waals surface area contributed by atoms with E-state index in [1.807, 2.05) is 30.3 Å². The molecule has 0 bridgehead atoms. The molecule has 0 amide bonds. The summed E-state index contributed by atoms with van der Waals surface area (Å²) in [5, 5.41) is 3.43. The molecular formula is C64H54O2. The molecule has 2 nitrogen and oxygen atoms in total. The van der Waals surface area contributed by atoms with E-state index >= 15 is 0 Å². The molecule has 0 spiro atoms. The third-order valence-corrected chi connectivity index (χ3v) is 12.3. The molecule has 0 fully saturated rings. The Kier molecular flexibility index (Phi) is 13.0. The fourth-order valence-electron chi connectivity index (χ4n) is 8.78. The Hall–Kier alpha value is -7.94. The quantitative estimate of drug-likeness (QED) is 0.142. The molecule has 0 atom stereocenters. The van der Waals surface area contributed by atoms with Gasteiger partial charge in [0.05, 0.1) is 0 Å². The second-order valence-electron chi connectivity index (χ2n) is 17.0. The Bertz CT molecular complexity index is 3390. The highest BCUT2D eigenvalue weighted by molar-refractivity contribution is 6.11. The molecule has 0 N–H and O–H groups in total. The number of aryl methyl sites for hydroxylation is 5. The molecule has 0 saturated carbocycles. The summed E-state index contributed by atoms with van der Waals surface area (Å²) in [5.74, 6) is 0.974. The molecule has 66 heavy (non-hydrogen) atoms. The van der Waals surface area contributed by atoms with Crippen molar-refractivity contribution in [3.8, 4) is 55.6 Å². The highest BCUT2D eigenvalue weighted by Crippen LogP contribution is 2.44. The summed E-state index contributed by atoms with van der Waals surface area (Å²) in [6.07, 6.45) is 3.81. The Balaban J connectivity index is 0.000000170. The van der Waals surface area contributed by atoms with Crippen LogP contribution in [0.15, 0.2) is 234 Å². The Morgan fingerprint density at radius 3 is 1.50 bits per heavy atom. The van der Waals surface area contributed by atoms with Gasteiger partial charge in [-0.1, -0.05) is 223 Å². The van der Waals surface area contributed by atoms with Crippen LogP contribution in [-0.2, 0) is 6.42 Å². The van der Waals surface area contributed by atoms with Crippen molar-refractivity contribution in [3.05, 3.63) is 253 Å². The molecule has 2 aromatic heterocycles. The fraction of sp³-hybridized carbons (Fsp3) is 0.0938. The zero-order valence-corrected chi connectivity index (χ0v) is 38.2. The van der Waals surface area contributed by atoms with Gasteiger partial charge in [0.15, 0.2) is 0 Å². The van der Waals surface area contributed by atoms with Crippen LogP contribution in [0, 0.1) is 27.7 Å². The monoisotopic (exact) mass is 854 g/mol. The minimum Gasteiger partial charge on any atom is -0.460 e. The molecule has 0 unspecified atom stereocenters. The molecule has 322 valence electrons. The first-order valence-electron chi connectivity index (χ1n) is 22.8. The van der Waals surface area contributed by atoms with E-state index in [1.165, 1.54) is 61.0 Å². The van der Waals surface area contributed by atoms with Gasteiger partial charge in [-0.15, -0.1) is 6.58 Å². The minimum absolute atomic E-state index is 0.900. The molecule has 0 aliphatic rings. The average molecular weight is 855 g/mol. The summed E-state index contributed by atoms with van der Waals surface area (Å²) in [7, 11) is 0. The molecule has 0 aliphatic carbocycles. The average Bonchev–Trinajstić information content (AvgIpc) is 3.91. The van der Waals surface area contributed by atoms with Crippen LogP contribution in [-0.4, -0.2) is 0 Å². The zero-order valence-electron chi connectivity index (χ0n) is 38.2. The molecule has 2 heterocycles. The van der Waals surface area contributed by atoms with E-state index in [1.54, 1.807) is 0 Å². The maximum atomic E-state index is 6.51. The highest BCUT2D eigenvalue weighted by atomic mass is 16.3. The van der Waals surface area contributed by atoms with E-state index in [4.69, 9.17) is 8.83 Å². The van der Waals surface area contributed by atoms with Crippen LogP contribution in [0.1, 0.15) is 34.4 Å². The van der Waals surface area contributed by atoms with Crippen molar-refractivity contribution in [3.63, 3.8) is 0 Å². The number of benzene rings is 9. The van der Waals surface area contributed by atoms with E-state index in [0.717, 1.165) is 68.4 Å². The Morgan fingerprint density at radius 1 is 0.364 bits per heavy atom. The minimum atomic E-state index is 0.900. The first-order valence-corrected chi connectivity index (χ1v) is 22.8. The van der Waals surface area contributed by atoms with E-state index in [9.17, 15) is 0 Å². The first kappa shape index (κ1) is 43.3. The summed E-state index contributed by atoms with van der Waals surface area (Å²) in [4.78, 5) is 0. The van der Waals surface area contributed by atoms with Gasteiger partial charge in [0.25, 0.3) is 0 Å². The summed E-state index contributed by atoms with van der Waals surface area (Å²) in [6.45, 7) is 12.3. The van der Waals surface area contributed by atoms with Gasteiger partial charge in [0.1, 0.15) is 22.5 Å². The highest BCUT2D eigenvalue weighted by Gasteiger charge is 2.20. The summed E-state index contributed by atoms with van der Waals surface area (Å²) in [5.41, 5.74) is 19.8. The number of furan rings is 2. The van der Waals surface area contributed by atoms with Crippen LogP contribution in [0.25, 0.3) is 88.5 Å². The third-order valence-electron chi connectivity index (χ3n) is 12.3. The van der Waals surface area contributed by atoms with Gasteiger partial charge >= 0.3 is 0 Å². The van der Waals surface area contributed by atoms with Crippen LogP contribution in [0.5, 0.6) is 0 Å². The van der Waals surface area contributed by atoms with Crippen molar-refractivity contribution in [2.45, 2.75) is 40.5 Å². The zero-order chi connectivity index (χ0) is 45.4. The third kappa shape index (κ3) is 9.46. The van der Waals surface area contributed by atoms with Gasteiger partial charge < -0.3 is 8.83 Å². The number of allylic oxidation sites excluding steroid dienone is 1. The summed E-state index contributed by atoms with van der Waals surface area (Å²) >= 11 is 0. The lowest BCUT2D eigenvalue weighted by atomic mass is 9.89. The number of hydrogen-bond acceptors (Lipinski definition) is 2. The van der Waals surface area contributed by atoms with E-state index in [0.29, 0.717) is 0 Å². The number of fused-ring (bicyclic) bond motifs is 4. The van der Waals surface area contributed by atoms with Crippen LogP contribution in [0.3, 0.4) is 0 Å². The molecule has 11 aromatic rings. The molecule has 0 saturated heterocycles. The lowest BCUT2D eigenvalue weighted by Crippen LogP contribution is -1.90. The summed E-state index contributed by atoms with van der Waals surface area (Å²) in [6, 6.07) is 74.7. The van der Waals surface area contributed by atoms with Crippen molar-refractivity contribution in [2.75, 3.05) is 0 Å². The van der Waals surface area contributed by atoms with Crippen LogP contribution in [0.2, 0.25) is 0 Å². The molecule has 9 aromatic carbocycles. The summed E-state index contributed by atoms with van der Waals surface area (Å²) < 4.78 is 13.0. The SMILES string of the molecule is C=CCCc1c(C)oc2c(-c3ccc(-c4ccc(C)cc4)cc3-c3cccc4c3oc3ccccc34)cccc12.Cc1ccc(-c2ccccc2)cc1.Cc1cccc(-c2ccccc2)c1. The number of hydrogen-bond donors (Lipinski definition) is 0. The van der Waals surface area contributed by atoms with Gasteiger partial charge in [0, 0.05) is 32.8 Å². The lowest BCUT2D eigenvalue weighted by molar-refractivity contribution is 0.572. The number of para-hydroxylation sites is 3. The van der Waals surface area contributed by atoms with Crippen molar-refractivity contribution in [2.24, 2.45) is 0 Å². The number of rotatable bonds is 8. The first-order chi connectivity index (χ1) is 32.3. The Labute approximate surface area is 389 Å². The maximum Gasteiger partial charge on any atom is 0.143 e. The smallest absolute Gasteiger partial charge is 0.143 e. The predicted molar refractivity (Wildman–Crippen MR) is 281 cm³/mol. The fourth-order valence-corrected chi connectivity index (χ4v) is 8.78. The molecule has 0 aliphatic heterocycles. The van der Waals surface area contributed by atoms with Gasteiger partial charge in [-0.3, -0.25) is 0 Å². The molecule has 0 radical (unpaired) electrons.